The van der Waals surface area contributed by atoms with Gasteiger partial charge in [-0.1, -0.05) is 36.4 Å². The molecule has 0 spiro atoms. The zero-order valence-corrected chi connectivity index (χ0v) is 15.2. The van der Waals surface area contributed by atoms with Gasteiger partial charge in [-0.05, 0) is 43.4 Å². The Morgan fingerprint density at radius 2 is 1.78 bits per heavy atom. The van der Waals surface area contributed by atoms with Crippen molar-refractivity contribution >= 4 is 10.9 Å². The lowest BCUT2D eigenvalue weighted by Gasteiger charge is -2.44. The van der Waals surface area contributed by atoms with Gasteiger partial charge in [0.05, 0.1) is 11.1 Å². The molecule has 0 saturated carbocycles. The number of fused-ring (bicyclic) bond motifs is 3. The van der Waals surface area contributed by atoms with E-state index in [1.165, 1.54) is 11.6 Å². The van der Waals surface area contributed by atoms with E-state index in [1.54, 1.807) is 12.3 Å². The third-order valence-corrected chi connectivity index (χ3v) is 6.32. The van der Waals surface area contributed by atoms with Crippen LogP contribution in [0.5, 0.6) is 0 Å². The lowest BCUT2D eigenvalue weighted by atomic mass is 9.79. The van der Waals surface area contributed by atoms with Gasteiger partial charge in [-0.15, -0.1) is 0 Å². The maximum absolute atomic E-state index is 14.9. The molecule has 5 rings (SSSR count). The number of aliphatic hydroxyl groups is 1. The predicted molar refractivity (Wildman–Crippen MR) is 104 cm³/mol. The molecule has 0 amide bonds. The van der Waals surface area contributed by atoms with Crippen LogP contribution in [0.1, 0.15) is 36.8 Å². The molecule has 2 aromatic carbocycles. The quantitative estimate of drug-likeness (QED) is 0.751. The Kier molecular flexibility index (Phi) is 3.99. The summed E-state index contributed by atoms with van der Waals surface area (Å²) in [5.41, 5.74) is 1.25. The van der Waals surface area contributed by atoms with Crippen molar-refractivity contribution in [1.82, 2.24) is 9.88 Å². The average Bonchev–Trinajstić information content (AvgIpc) is 2.92. The van der Waals surface area contributed by atoms with E-state index in [1.807, 2.05) is 18.2 Å². The summed E-state index contributed by atoms with van der Waals surface area (Å²) in [5, 5.41) is 12.3. The van der Waals surface area contributed by atoms with Crippen LogP contribution in [0.15, 0.2) is 60.8 Å². The molecule has 2 atom stereocenters. The molecule has 2 bridgehead atoms. The number of piperidine rings is 1. The van der Waals surface area contributed by atoms with Crippen LogP contribution in [0, 0.1) is 5.82 Å². The summed E-state index contributed by atoms with van der Waals surface area (Å²) in [6.45, 7) is 0.899. The van der Waals surface area contributed by atoms with E-state index >= 15 is 0 Å². The monoisotopic (exact) mass is 362 g/mol. The van der Waals surface area contributed by atoms with Gasteiger partial charge in [0.2, 0.25) is 0 Å². The highest BCUT2D eigenvalue weighted by Gasteiger charge is 2.49. The molecule has 2 saturated heterocycles. The van der Waals surface area contributed by atoms with Gasteiger partial charge < -0.3 is 5.11 Å². The molecule has 1 aromatic heterocycles. The lowest BCUT2D eigenvalue weighted by molar-refractivity contribution is -0.0614. The van der Waals surface area contributed by atoms with E-state index < -0.39 is 5.60 Å². The van der Waals surface area contributed by atoms with Crippen molar-refractivity contribution < 1.29 is 9.50 Å². The molecule has 2 aliphatic heterocycles. The second kappa shape index (κ2) is 6.39. The Morgan fingerprint density at radius 3 is 2.52 bits per heavy atom. The second-order valence-corrected chi connectivity index (χ2v) is 8.01. The summed E-state index contributed by atoms with van der Waals surface area (Å²) >= 11 is 0. The van der Waals surface area contributed by atoms with Crippen LogP contribution < -0.4 is 0 Å². The van der Waals surface area contributed by atoms with E-state index in [-0.39, 0.29) is 17.9 Å². The standard InChI is InChI=1S/C23H23FN2O/c24-21-12-22-17(7-4-10-25-22)11-20(21)23(27)13-18-8-9-19(14-23)26(18)15-16-5-2-1-3-6-16/h1-7,10-12,18-19,27H,8-9,13-15H2. The Balaban J connectivity index is 1.45. The molecule has 0 radical (unpaired) electrons. The number of halogens is 1. The predicted octanol–water partition coefficient (Wildman–Crippen LogP) is 4.39. The van der Waals surface area contributed by atoms with Gasteiger partial charge in [0, 0.05) is 41.8 Å². The van der Waals surface area contributed by atoms with Gasteiger partial charge in [0.15, 0.2) is 0 Å². The van der Waals surface area contributed by atoms with Crippen LogP contribution in [-0.4, -0.2) is 27.1 Å². The first kappa shape index (κ1) is 16.8. The Bertz CT molecular complexity index is 961. The van der Waals surface area contributed by atoms with E-state index in [2.05, 4.69) is 34.1 Å². The van der Waals surface area contributed by atoms with Crippen molar-refractivity contribution in [3.8, 4) is 0 Å². The summed E-state index contributed by atoms with van der Waals surface area (Å²) in [6, 6.07) is 18.1. The maximum Gasteiger partial charge on any atom is 0.131 e. The Labute approximate surface area is 158 Å². The highest BCUT2D eigenvalue weighted by Crippen LogP contribution is 2.47. The second-order valence-electron chi connectivity index (χ2n) is 8.01. The number of hydrogen-bond acceptors (Lipinski definition) is 3. The van der Waals surface area contributed by atoms with E-state index in [4.69, 9.17) is 0 Å². The normalized spacial score (nSPS) is 27.9. The number of rotatable bonds is 3. The summed E-state index contributed by atoms with van der Waals surface area (Å²) in [4.78, 5) is 6.73. The minimum atomic E-state index is -1.10. The van der Waals surface area contributed by atoms with Crippen molar-refractivity contribution in [2.75, 3.05) is 0 Å². The number of hydrogen-bond donors (Lipinski definition) is 1. The molecule has 3 nitrogen and oxygen atoms in total. The number of pyridine rings is 1. The van der Waals surface area contributed by atoms with Crippen molar-refractivity contribution in [3.05, 3.63) is 77.7 Å². The van der Waals surface area contributed by atoms with Gasteiger partial charge in [-0.2, -0.15) is 0 Å². The fourth-order valence-corrected chi connectivity index (χ4v) is 5.04. The zero-order chi connectivity index (χ0) is 18.4. The molecule has 2 unspecified atom stereocenters. The van der Waals surface area contributed by atoms with Gasteiger partial charge in [0.1, 0.15) is 5.82 Å². The largest absolute Gasteiger partial charge is 0.385 e. The Morgan fingerprint density at radius 1 is 1.04 bits per heavy atom. The van der Waals surface area contributed by atoms with Gasteiger partial charge in [-0.3, -0.25) is 9.88 Å². The van der Waals surface area contributed by atoms with E-state index in [0.717, 1.165) is 24.8 Å². The van der Waals surface area contributed by atoms with Gasteiger partial charge in [-0.25, -0.2) is 4.39 Å². The van der Waals surface area contributed by atoms with Crippen molar-refractivity contribution in [3.63, 3.8) is 0 Å². The molecule has 3 aromatic rings. The van der Waals surface area contributed by atoms with Crippen LogP contribution >= 0.6 is 0 Å². The Hall–Kier alpha value is -2.30. The molecule has 1 N–H and O–H groups in total. The third kappa shape index (κ3) is 2.93. The fraction of sp³-hybridized carbons (Fsp3) is 0.348. The summed E-state index contributed by atoms with van der Waals surface area (Å²) in [5.74, 6) is -0.348. The minimum Gasteiger partial charge on any atom is -0.385 e. The van der Waals surface area contributed by atoms with Gasteiger partial charge in [0.25, 0.3) is 0 Å². The average molecular weight is 362 g/mol. The maximum atomic E-state index is 14.9. The highest BCUT2D eigenvalue weighted by atomic mass is 19.1. The first-order chi connectivity index (χ1) is 13.1. The summed E-state index contributed by atoms with van der Waals surface area (Å²) in [7, 11) is 0. The molecule has 2 aliphatic rings. The van der Waals surface area contributed by atoms with Crippen LogP contribution in [0.3, 0.4) is 0 Å². The minimum absolute atomic E-state index is 0.290. The number of nitrogens with zero attached hydrogens (tertiary/aromatic N) is 2. The van der Waals surface area contributed by atoms with Crippen molar-refractivity contribution in [1.29, 1.82) is 0 Å². The lowest BCUT2D eigenvalue weighted by Crippen LogP contribution is -2.49. The molecule has 138 valence electrons. The van der Waals surface area contributed by atoms with Crippen LogP contribution in [0.4, 0.5) is 4.39 Å². The third-order valence-electron chi connectivity index (χ3n) is 6.32. The SMILES string of the molecule is OC1(c2cc3cccnc3cc2F)CC2CCC(C1)N2Cc1ccccc1. The molecule has 2 fully saturated rings. The smallest absolute Gasteiger partial charge is 0.131 e. The van der Waals surface area contributed by atoms with E-state index in [9.17, 15) is 9.50 Å². The summed E-state index contributed by atoms with van der Waals surface area (Å²) < 4.78 is 14.9. The topological polar surface area (TPSA) is 36.4 Å². The van der Waals surface area contributed by atoms with Crippen LogP contribution in [-0.2, 0) is 12.1 Å². The first-order valence-corrected chi connectivity index (χ1v) is 9.69. The molecule has 3 heterocycles. The molecular formula is C23H23FN2O. The van der Waals surface area contributed by atoms with Crippen molar-refractivity contribution in [2.24, 2.45) is 0 Å². The zero-order valence-electron chi connectivity index (χ0n) is 15.2. The molecular weight excluding hydrogens is 339 g/mol. The van der Waals surface area contributed by atoms with Gasteiger partial charge >= 0.3 is 0 Å². The van der Waals surface area contributed by atoms with Crippen LogP contribution in [0.2, 0.25) is 0 Å². The fourth-order valence-electron chi connectivity index (χ4n) is 5.04. The number of aromatic nitrogens is 1. The first-order valence-electron chi connectivity index (χ1n) is 9.69. The molecule has 4 heteroatoms. The molecule has 0 aliphatic carbocycles. The van der Waals surface area contributed by atoms with E-state index in [0.29, 0.717) is 23.9 Å². The molecule has 27 heavy (non-hydrogen) atoms. The summed E-state index contributed by atoms with van der Waals surface area (Å²) in [6.07, 6.45) is 4.96. The van der Waals surface area contributed by atoms with Crippen molar-refractivity contribution in [2.45, 2.75) is 49.9 Å². The van der Waals surface area contributed by atoms with Crippen LogP contribution in [0.25, 0.3) is 10.9 Å². The number of benzene rings is 2. The highest BCUT2D eigenvalue weighted by molar-refractivity contribution is 5.79.